The molecule has 2 aliphatic heterocycles. The van der Waals surface area contributed by atoms with Crippen LogP contribution in [0.5, 0.6) is 0 Å². The van der Waals surface area contributed by atoms with Gasteiger partial charge in [0, 0.05) is 46.7 Å². The van der Waals surface area contributed by atoms with E-state index < -0.39 is 11.9 Å². The van der Waals surface area contributed by atoms with Crippen LogP contribution in [-0.2, 0) is 19.3 Å². The normalized spacial score (nSPS) is 24.4. The van der Waals surface area contributed by atoms with Crippen molar-refractivity contribution in [1.29, 1.82) is 0 Å². The van der Waals surface area contributed by atoms with Crippen LogP contribution in [0.25, 0.3) is 20.2 Å². The molecule has 6 rings (SSSR count). The molecule has 4 heterocycles. The van der Waals surface area contributed by atoms with Crippen molar-refractivity contribution >= 4 is 54.8 Å². The molecular weight excluding hydrogens is 554 g/mol. The van der Waals surface area contributed by atoms with E-state index in [1.165, 1.54) is 44.9 Å². The Labute approximate surface area is 239 Å². The Morgan fingerprint density at radius 1 is 0.725 bits per heavy atom. The maximum atomic E-state index is 14.8. The Hall–Kier alpha value is -2.92. The molecule has 2 aromatic carbocycles. The molecule has 2 saturated heterocycles. The molecule has 2 aromatic heterocycles. The van der Waals surface area contributed by atoms with E-state index >= 15 is 0 Å². The predicted molar refractivity (Wildman–Crippen MR) is 152 cm³/mol. The minimum absolute atomic E-state index is 0.00726. The van der Waals surface area contributed by atoms with Gasteiger partial charge < -0.3 is 9.68 Å². The first-order chi connectivity index (χ1) is 19.3. The fourth-order valence-corrected chi connectivity index (χ4v) is 8.30. The molecule has 40 heavy (non-hydrogen) atoms. The summed E-state index contributed by atoms with van der Waals surface area (Å²) in [4.78, 5) is 35.9. The number of nitrogens with zero attached hydrogens (tertiary/aromatic N) is 2. The van der Waals surface area contributed by atoms with Crippen LogP contribution in [0.1, 0.15) is 49.7 Å². The quantitative estimate of drug-likeness (QED) is 0.244. The summed E-state index contributed by atoms with van der Waals surface area (Å²) in [5.41, 5.74) is 1.44. The Kier molecular flexibility index (Phi) is 7.60. The van der Waals surface area contributed by atoms with Crippen LogP contribution < -0.4 is 0 Å². The van der Waals surface area contributed by atoms with E-state index in [4.69, 9.17) is 9.68 Å². The fraction of sp³-hybridized carbons (Fsp3) is 0.400. The Morgan fingerprint density at radius 3 is 1.55 bits per heavy atom. The van der Waals surface area contributed by atoms with Gasteiger partial charge in [-0.05, 0) is 82.3 Å². The van der Waals surface area contributed by atoms with Gasteiger partial charge in [-0.1, -0.05) is 26.0 Å². The molecule has 0 N–H and O–H groups in total. The second-order valence-corrected chi connectivity index (χ2v) is 12.7. The Bertz CT molecular complexity index is 1450. The van der Waals surface area contributed by atoms with Crippen molar-refractivity contribution in [1.82, 2.24) is 10.1 Å². The molecule has 210 valence electrons. The number of carbonyl (C=O) groups is 2. The first-order valence-electron chi connectivity index (χ1n) is 13.6. The van der Waals surface area contributed by atoms with Crippen molar-refractivity contribution < 1.29 is 28.0 Å². The van der Waals surface area contributed by atoms with Crippen LogP contribution in [-0.4, -0.2) is 48.2 Å². The average molecular weight is 585 g/mol. The highest BCUT2D eigenvalue weighted by Crippen LogP contribution is 2.41. The summed E-state index contributed by atoms with van der Waals surface area (Å²) in [5.74, 6) is -2.61. The molecule has 2 aliphatic rings. The number of thiophene rings is 2. The largest absolute Gasteiger partial charge is 0.438 e. The molecule has 0 aliphatic carbocycles. The molecular formula is C30H30F2N2O4S2. The van der Waals surface area contributed by atoms with Crippen LogP contribution in [0, 0.1) is 23.5 Å². The predicted octanol–water partition coefficient (Wildman–Crippen LogP) is 6.86. The lowest BCUT2D eigenvalue weighted by Gasteiger charge is -2.37. The third kappa shape index (κ3) is 5.13. The number of rotatable bonds is 4. The third-order valence-electron chi connectivity index (χ3n) is 8.28. The second kappa shape index (κ2) is 11.2. The number of fused-ring (bicyclic) bond motifs is 2. The lowest BCUT2D eigenvalue weighted by Crippen LogP contribution is -2.44. The zero-order valence-corrected chi connectivity index (χ0v) is 23.9. The first kappa shape index (κ1) is 27.3. The number of carbonyl (C=O) groups excluding carboxylic acids is 2. The van der Waals surface area contributed by atoms with Crippen molar-refractivity contribution in [3.05, 3.63) is 69.9 Å². The molecule has 0 bridgehead atoms. The summed E-state index contributed by atoms with van der Waals surface area (Å²) in [7, 11) is 0. The molecule has 4 aromatic rings. The minimum Gasteiger partial charge on any atom is -0.359 e. The number of piperidine rings is 2. The molecule has 0 spiro atoms. The van der Waals surface area contributed by atoms with Gasteiger partial charge in [0.15, 0.2) is 0 Å². The SMILES string of the molecule is CC1CN(OC(=O)C(=O)ON2CCC(c3c(F)ccc4ccsc34)C(C)C2)CCC1c1c(F)ccc2ccsc12. The van der Waals surface area contributed by atoms with Gasteiger partial charge in [0.25, 0.3) is 0 Å². The van der Waals surface area contributed by atoms with Gasteiger partial charge in [-0.25, -0.2) is 18.4 Å². The van der Waals surface area contributed by atoms with Crippen LogP contribution in [0.15, 0.2) is 47.2 Å². The maximum absolute atomic E-state index is 14.8. The van der Waals surface area contributed by atoms with Crippen molar-refractivity contribution in [2.24, 2.45) is 11.8 Å². The molecule has 4 atom stereocenters. The second-order valence-electron chi connectivity index (χ2n) is 10.9. The molecule has 2 fully saturated rings. The third-order valence-corrected chi connectivity index (χ3v) is 10.2. The van der Waals surface area contributed by atoms with Crippen LogP contribution in [0.4, 0.5) is 8.78 Å². The number of hydrogen-bond acceptors (Lipinski definition) is 8. The Morgan fingerprint density at radius 2 is 1.15 bits per heavy atom. The van der Waals surface area contributed by atoms with Crippen molar-refractivity contribution in [3.8, 4) is 0 Å². The van der Waals surface area contributed by atoms with Gasteiger partial charge in [-0.2, -0.15) is 0 Å². The first-order valence-corrected chi connectivity index (χ1v) is 15.3. The van der Waals surface area contributed by atoms with Gasteiger partial charge in [-0.15, -0.1) is 32.8 Å². The minimum atomic E-state index is -1.08. The highest BCUT2D eigenvalue weighted by Gasteiger charge is 2.36. The molecule has 6 nitrogen and oxygen atoms in total. The lowest BCUT2D eigenvalue weighted by molar-refractivity contribution is -0.225. The van der Waals surface area contributed by atoms with E-state index in [0.29, 0.717) is 39.0 Å². The zero-order valence-electron chi connectivity index (χ0n) is 22.3. The van der Waals surface area contributed by atoms with Crippen molar-refractivity contribution in [3.63, 3.8) is 0 Å². The van der Waals surface area contributed by atoms with Crippen molar-refractivity contribution in [2.75, 3.05) is 26.2 Å². The van der Waals surface area contributed by atoms with Gasteiger partial charge in [0.2, 0.25) is 0 Å². The number of halogens is 2. The number of hydrogen-bond donors (Lipinski definition) is 0. The van der Waals surface area contributed by atoms with Crippen molar-refractivity contribution in [2.45, 2.75) is 38.5 Å². The van der Waals surface area contributed by atoms with E-state index in [1.54, 1.807) is 12.1 Å². The monoisotopic (exact) mass is 584 g/mol. The number of hydroxylamine groups is 4. The van der Waals surface area contributed by atoms with E-state index in [-0.39, 0.29) is 35.3 Å². The standard InChI is InChI=1S/C30H30F2N2O4S2/c1-17-15-33(11-7-21(17)25-23(31)5-3-19-9-13-39-27(19)25)37-29(35)30(36)38-34-12-8-22(18(2)16-34)26-24(32)6-4-20-10-14-40-28(20)26/h3-6,9-10,13-14,17-18,21-22H,7-8,11-12,15-16H2,1-2H3. The van der Waals surface area contributed by atoms with Crippen LogP contribution in [0.2, 0.25) is 0 Å². The highest BCUT2D eigenvalue weighted by atomic mass is 32.1. The smallest absolute Gasteiger partial charge is 0.359 e. The summed E-state index contributed by atoms with van der Waals surface area (Å²) in [5, 5.41) is 8.92. The zero-order chi connectivity index (χ0) is 28.0. The molecule has 0 amide bonds. The summed E-state index contributed by atoms with van der Waals surface area (Å²) >= 11 is 3.07. The molecule has 0 radical (unpaired) electrons. The van der Waals surface area contributed by atoms with E-state index in [9.17, 15) is 18.4 Å². The van der Waals surface area contributed by atoms with Gasteiger partial charge >= 0.3 is 11.9 Å². The fourth-order valence-electron chi connectivity index (χ4n) is 6.30. The summed E-state index contributed by atoms with van der Waals surface area (Å²) in [6, 6.07) is 10.6. The average Bonchev–Trinajstić information content (AvgIpc) is 3.60. The van der Waals surface area contributed by atoms with Gasteiger partial charge in [0.1, 0.15) is 11.6 Å². The highest BCUT2D eigenvalue weighted by molar-refractivity contribution is 7.17. The summed E-state index contributed by atoms with van der Waals surface area (Å²) in [6.07, 6.45) is 1.19. The van der Waals surface area contributed by atoms with Gasteiger partial charge in [0.05, 0.1) is 0 Å². The molecule has 0 saturated carbocycles. The summed E-state index contributed by atoms with van der Waals surface area (Å²) < 4.78 is 31.6. The molecule has 4 unspecified atom stereocenters. The van der Waals surface area contributed by atoms with E-state index in [2.05, 4.69) is 0 Å². The summed E-state index contributed by atoms with van der Waals surface area (Å²) in [6.45, 7) is 5.54. The van der Waals surface area contributed by atoms with Crippen LogP contribution >= 0.6 is 22.7 Å². The Balaban J connectivity index is 1.04. The van der Waals surface area contributed by atoms with E-state index in [0.717, 1.165) is 31.3 Å². The maximum Gasteiger partial charge on any atom is 0.438 e. The van der Waals surface area contributed by atoms with Gasteiger partial charge in [-0.3, -0.25) is 0 Å². The number of benzene rings is 2. The topological polar surface area (TPSA) is 59.1 Å². The molecule has 10 heteroatoms. The van der Waals surface area contributed by atoms with Crippen LogP contribution in [0.3, 0.4) is 0 Å². The van der Waals surface area contributed by atoms with E-state index in [1.807, 2.05) is 36.7 Å². The lowest BCUT2D eigenvalue weighted by atomic mass is 9.81.